The zero-order valence-corrected chi connectivity index (χ0v) is 16.6. The smallest absolute Gasteiger partial charge is 0.261 e. The summed E-state index contributed by atoms with van der Waals surface area (Å²) in [5.74, 6) is 0.775. The highest BCUT2D eigenvalue weighted by Gasteiger charge is 2.55. The van der Waals surface area contributed by atoms with Crippen LogP contribution in [0, 0.1) is 0 Å². The van der Waals surface area contributed by atoms with Crippen LogP contribution >= 0.6 is 0 Å². The third kappa shape index (κ3) is 2.59. The van der Waals surface area contributed by atoms with Gasteiger partial charge < -0.3 is 10.5 Å². The number of para-hydroxylation sites is 1. The first-order valence-corrected chi connectivity index (χ1v) is 9.61. The van der Waals surface area contributed by atoms with Crippen LogP contribution in [0.25, 0.3) is 22.0 Å². The number of fused-ring (bicyclic) bond motifs is 3. The number of nitrogens with zero attached hydrogens (tertiary/aromatic N) is 3. The van der Waals surface area contributed by atoms with Crippen molar-refractivity contribution in [3.8, 4) is 16.9 Å². The number of likely N-dealkylation sites (N-methyl/N-ethyl adjacent to an activating group) is 1. The molecule has 0 saturated carbocycles. The van der Waals surface area contributed by atoms with Gasteiger partial charge in [-0.2, -0.15) is 0 Å². The number of amides is 1. The van der Waals surface area contributed by atoms with Crippen LogP contribution in [-0.2, 0) is 10.3 Å². The Hall–Kier alpha value is -3.41. The number of hydrogen-bond acceptors (Lipinski definition) is 5. The summed E-state index contributed by atoms with van der Waals surface area (Å²) in [5.41, 5.74) is 8.07. The van der Waals surface area contributed by atoms with Crippen LogP contribution < -0.4 is 10.5 Å². The van der Waals surface area contributed by atoms with Gasteiger partial charge in [0.1, 0.15) is 11.4 Å². The molecule has 1 unspecified atom stereocenters. The molecule has 3 aromatic rings. The Balaban J connectivity index is 1.70. The van der Waals surface area contributed by atoms with Gasteiger partial charge in [-0.25, -0.2) is 4.99 Å². The van der Waals surface area contributed by atoms with Crippen LogP contribution in [0.3, 0.4) is 0 Å². The molecule has 0 saturated heterocycles. The Labute approximate surface area is 169 Å². The molecule has 2 aromatic carbocycles. The molecule has 29 heavy (non-hydrogen) atoms. The molecule has 0 aliphatic carbocycles. The first kappa shape index (κ1) is 17.7. The maximum absolute atomic E-state index is 13.2. The minimum absolute atomic E-state index is 0.124. The van der Waals surface area contributed by atoms with Gasteiger partial charge in [-0.3, -0.25) is 14.7 Å². The Bertz CT molecular complexity index is 1200. The van der Waals surface area contributed by atoms with E-state index in [9.17, 15) is 4.79 Å². The van der Waals surface area contributed by atoms with Gasteiger partial charge in [-0.15, -0.1) is 0 Å². The van der Waals surface area contributed by atoms with E-state index in [1.165, 1.54) is 4.90 Å². The van der Waals surface area contributed by atoms with E-state index in [-0.39, 0.29) is 11.9 Å². The molecule has 0 fully saturated rings. The molecule has 0 radical (unpaired) electrons. The maximum atomic E-state index is 13.2. The van der Waals surface area contributed by atoms with Crippen molar-refractivity contribution in [2.45, 2.75) is 31.4 Å². The van der Waals surface area contributed by atoms with E-state index in [4.69, 9.17) is 10.5 Å². The third-order valence-corrected chi connectivity index (χ3v) is 5.72. The molecule has 1 amide bonds. The second-order valence-electron chi connectivity index (χ2n) is 8.36. The minimum atomic E-state index is -1.06. The van der Waals surface area contributed by atoms with E-state index >= 15 is 0 Å². The fourth-order valence-corrected chi connectivity index (χ4v) is 4.39. The van der Waals surface area contributed by atoms with Crippen molar-refractivity contribution in [2.75, 3.05) is 7.05 Å². The summed E-state index contributed by atoms with van der Waals surface area (Å²) in [7, 11) is 1.66. The van der Waals surface area contributed by atoms with Crippen molar-refractivity contribution in [3.63, 3.8) is 0 Å². The first-order valence-electron chi connectivity index (χ1n) is 9.61. The van der Waals surface area contributed by atoms with E-state index in [0.717, 1.165) is 27.6 Å². The largest absolute Gasteiger partial charge is 0.487 e. The third-order valence-electron chi connectivity index (χ3n) is 5.72. The molecule has 2 N–H and O–H groups in total. The number of pyridine rings is 1. The van der Waals surface area contributed by atoms with Gasteiger partial charge in [0.25, 0.3) is 5.91 Å². The van der Waals surface area contributed by atoms with Crippen molar-refractivity contribution in [3.05, 3.63) is 60.3 Å². The maximum Gasteiger partial charge on any atom is 0.261 e. The zero-order valence-electron chi connectivity index (χ0n) is 16.6. The fourth-order valence-electron chi connectivity index (χ4n) is 4.39. The number of aromatic nitrogens is 1. The molecule has 0 bridgehead atoms. The highest BCUT2D eigenvalue weighted by molar-refractivity contribution is 6.07. The van der Waals surface area contributed by atoms with E-state index in [0.29, 0.717) is 12.2 Å². The van der Waals surface area contributed by atoms with Gasteiger partial charge in [0.15, 0.2) is 11.5 Å². The van der Waals surface area contributed by atoms with Crippen LogP contribution in [0.5, 0.6) is 5.75 Å². The number of benzene rings is 2. The molecular weight excluding hydrogens is 364 g/mol. The average molecular weight is 386 g/mol. The van der Waals surface area contributed by atoms with E-state index in [2.05, 4.69) is 16.0 Å². The Kier molecular flexibility index (Phi) is 3.53. The number of aliphatic imine (C=N–C) groups is 1. The molecule has 3 heterocycles. The van der Waals surface area contributed by atoms with Gasteiger partial charge in [0, 0.05) is 36.2 Å². The average Bonchev–Trinajstić information content (AvgIpc) is 2.90. The number of carbonyl (C=O) groups excluding carboxylic acids is 1. The van der Waals surface area contributed by atoms with E-state index in [1.807, 2.05) is 62.5 Å². The van der Waals surface area contributed by atoms with Crippen LogP contribution in [0.1, 0.15) is 25.8 Å². The number of carbonyl (C=O) groups is 1. The summed E-state index contributed by atoms with van der Waals surface area (Å²) in [6.07, 6.45) is 2.28. The molecule has 2 aliphatic heterocycles. The fraction of sp³-hybridized carbons (Fsp3) is 0.261. The highest BCUT2D eigenvalue weighted by atomic mass is 16.5. The first-order chi connectivity index (χ1) is 13.8. The Morgan fingerprint density at radius 3 is 2.66 bits per heavy atom. The summed E-state index contributed by atoms with van der Waals surface area (Å²) in [6, 6.07) is 16.0. The molecule has 6 heteroatoms. The van der Waals surface area contributed by atoms with Crippen LogP contribution in [0.4, 0.5) is 0 Å². The number of ether oxygens (including phenoxy) is 1. The summed E-state index contributed by atoms with van der Waals surface area (Å²) in [6.45, 7) is 3.94. The van der Waals surface area contributed by atoms with Crippen LogP contribution in [0.15, 0.2) is 59.7 Å². The van der Waals surface area contributed by atoms with Crippen molar-refractivity contribution in [1.29, 1.82) is 0 Å². The quantitative estimate of drug-likeness (QED) is 0.695. The summed E-state index contributed by atoms with van der Waals surface area (Å²) in [5, 5.41) is 1.06. The molecular formula is C23H22N4O2. The van der Waals surface area contributed by atoms with Gasteiger partial charge >= 0.3 is 0 Å². The second kappa shape index (κ2) is 5.80. The van der Waals surface area contributed by atoms with E-state index in [1.54, 1.807) is 7.05 Å². The van der Waals surface area contributed by atoms with Crippen molar-refractivity contribution >= 4 is 22.8 Å². The van der Waals surface area contributed by atoms with Gasteiger partial charge in [0.2, 0.25) is 0 Å². The molecule has 1 spiro atoms. The standard InChI is InChI=1S/C23H22N4O2/c1-22(2)13-23(20(28)27(3)21(24)26-23)17-11-14(8-9-19(17)29-22)16-10-15-6-4-5-7-18(15)25-12-16/h4-12H,13H2,1-3H3,(H2,24,26). The topological polar surface area (TPSA) is 80.8 Å². The molecule has 6 nitrogen and oxygen atoms in total. The molecule has 5 rings (SSSR count). The van der Waals surface area contributed by atoms with Crippen molar-refractivity contribution < 1.29 is 9.53 Å². The normalized spacial score (nSPS) is 22.5. The van der Waals surface area contributed by atoms with Crippen LogP contribution in [0.2, 0.25) is 0 Å². The Morgan fingerprint density at radius 1 is 1.10 bits per heavy atom. The monoisotopic (exact) mass is 386 g/mol. The summed E-state index contributed by atoms with van der Waals surface area (Å²) >= 11 is 0. The highest BCUT2D eigenvalue weighted by Crippen LogP contribution is 2.49. The molecule has 1 aromatic heterocycles. The summed E-state index contributed by atoms with van der Waals surface area (Å²) in [4.78, 5) is 23.9. The van der Waals surface area contributed by atoms with Gasteiger partial charge in [-0.05, 0) is 43.7 Å². The lowest BCUT2D eigenvalue weighted by Gasteiger charge is -2.41. The lowest BCUT2D eigenvalue weighted by atomic mass is 9.77. The lowest BCUT2D eigenvalue weighted by Crippen LogP contribution is -2.49. The molecule has 1 atom stereocenters. The second-order valence-corrected chi connectivity index (χ2v) is 8.36. The zero-order chi connectivity index (χ0) is 20.4. The predicted octanol–water partition coefficient (Wildman–Crippen LogP) is 3.44. The number of rotatable bonds is 1. The predicted molar refractivity (Wildman–Crippen MR) is 113 cm³/mol. The van der Waals surface area contributed by atoms with E-state index < -0.39 is 11.1 Å². The SMILES string of the molecule is CN1C(=O)C2(CC(C)(C)Oc3ccc(-c4cnc5ccccc5c4)cc32)N=C1N. The van der Waals surface area contributed by atoms with Gasteiger partial charge in [-0.1, -0.05) is 24.3 Å². The Morgan fingerprint density at radius 2 is 1.90 bits per heavy atom. The molecule has 2 aliphatic rings. The van der Waals surface area contributed by atoms with Crippen molar-refractivity contribution in [2.24, 2.45) is 10.7 Å². The lowest BCUT2D eigenvalue weighted by molar-refractivity contribution is -0.133. The summed E-state index contributed by atoms with van der Waals surface area (Å²) < 4.78 is 6.19. The van der Waals surface area contributed by atoms with Crippen LogP contribution in [-0.4, -0.2) is 34.4 Å². The molecule has 146 valence electrons. The van der Waals surface area contributed by atoms with Crippen molar-refractivity contribution in [1.82, 2.24) is 9.88 Å². The minimum Gasteiger partial charge on any atom is -0.487 e. The number of hydrogen-bond donors (Lipinski definition) is 1. The number of guanidine groups is 1. The van der Waals surface area contributed by atoms with Gasteiger partial charge in [0.05, 0.1) is 5.52 Å². The number of nitrogens with two attached hydrogens (primary N) is 1.